The maximum Gasteiger partial charge on any atom is 0.197 e. The van der Waals surface area contributed by atoms with E-state index in [-0.39, 0.29) is 16.7 Å². The van der Waals surface area contributed by atoms with Gasteiger partial charge in [-0.25, -0.2) is 0 Å². The van der Waals surface area contributed by atoms with Crippen molar-refractivity contribution in [2.75, 3.05) is 0 Å². The van der Waals surface area contributed by atoms with Gasteiger partial charge in [-0.2, -0.15) is 0 Å². The maximum atomic E-state index is 11.8. The molecule has 0 bridgehead atoms. The molecule has 108 valence electrons. The Balaban J connectivity index is 1.69. The van der Waals surface area contributed by atoms with Crippen molar-refractivity contribution >= 4 is 33.8 Å². The fourth-order valence-corrected chi connectivity index (χ4v) is 3.29. The van der Waals surface area contributed by atoms with E-state index in [2.05, 4.69) is 0 Å². The van der Waals surface area contributed by atoms with Gasteiger partial charge in [0.2, 0.25) is 0 Å². The highest BCUT2D eigenvalue weighted by Gasteiger charge is 2.11. The van der Waals surface area contributed by atoms with Gasteiger partial charge in [-0.05, 0) is 11.1 Å². The molecule has 0 radical (unpaired) electrons. The summed E-state index contributed by atoms with van der Waals surface area (Å²) in [5.74, 6) is 1.24. The van der Waals surface area contributed by atoms with Crippen LogP contribution in [0.4, 0.5) is 0 Å². The highest BCUT2D eigenvalue weighted by molar-refractivity contribution is 8.15. The van der Waals surface area contributed by atoms with Crippen LogP contribution >= 0.6 is 23.5 Å². The molecule has 0 amide bonds. The summed E-state index contributed by atoms with van der Waals surface area (Å²) in [6.45, 7) is 0. The van der Waals surface area contributed by atoms with E-state index < -0.39 is 0 Å². The SMILES string of the molecule is O=C(CC(=O)SCc1ccccc1)SCc1ccccc1. The average molecular weight is 316 g/mol. The highest BCUT2D eigenvalue weighted by Crippen LogP contribution is 2.19. The Morgan fingerprint density at radius 3 is 1.43 bits per heavy atom. The van der Waals surface area contributed by atoms with E-state index in [0.29, 0.717) is 11.5 Å². The Hall–Kier alpha value is -1.52. The van der Waals surface area contributed by atoms with E-state index in [4.69, 9.17) is 0 Å². The first-order chi connectivity index (χ1) is 10.2. The number of carbonyl (C=O) groups excluding carboxylic acids is 2. The zero-order valence-corrected chi connectivity index (χ0v) is 13.2. The van der Waals surface area contributed by atoms with Crippen molar-refractivity contribution in [1.29, 1.82) is 0 Å². The fraction of sp³-hybridized carbons (Fsp3) is 0.176. The topological polar surface area (TPSA) is 34.1 Å². The van der Waals surface area contributed by atoms with Gasteiger partial charge >= 0.3 is 0 Å². The van der Waals surface area contributed by atoms with Gasteiger partial charge in [0.25, 0.3) is 0 Å². The van der Waals surface area contributed by atoms with Gasteiger partial charge in [0.05, 0.1) is 6.42 Å². The summed E-state index contributed by atoms with van der Waals surface area (Å²) in [4.78, 5) is 23.5. The molecule has 0 spiro atoms. The minimum atomic E-state index is -0.0654. The number of benzene rings is 2. The van der Waals surface area contributed by atoms with E-state index in [9.17, 15) is 9.59 Å². The molecule has 0 aliphatic rings. The largest absolute Gasteiger partial charge is 0.287 e. The van der Waals surface area contributed by atoms with Crippen molar-refractivity contribution in [3.05, 3.63) is 71.8 Å². The molecule has 0 atom stereocenters. The van der Waals surface area contributed by atoms with Crippen molar-refractivity contribution < 1.29 is 9.59 Å². The molecule has 0 unspecified atom stereocenters. The van der Waals surface area contributed by atoms with Crippen molar-refractivity contribution in [1.82, 2.24) is 0 Å². The Morgan fingerprint density at radius 2 is 1.05 bits per heavy atom. The van der Waals surface area contributed by atoms with Crippen LogP contribution in [0.15, 0.2) is 60.7 Å². The van der Waals surface area contributed by atoms with E-state index >= 15 is 0 Å². The van der Waals surface area contributed by atoms with Crippen LogP contribution in [0.3, 0.4) is 0 Å². The minimum Gasteiger partial charge on any atom is -0.287 e. The predicted molar refractivity (Wildman–Crippen MR) is 90.1 cm³/mol. The van der Waals surface area contributed by atoms with E-state index in [0.717, 1.165) is 11.1 Å². The van der Waals surface area contributed by atoms with E-state index in [1.807, 2.05) is 60.7 Å². The Labute approximate surface area is 133 Å². The zero-order chi connectivity index (χ0) is 14.9. The molecule has 0 aromatic heterocycles. The first-order valence-corrected chi connectivity index (χ1v) is 8.60. The van der Waals surface area contributed by atoms with Crippen molar-refractivity contribution in [3.8, 4) is 0 Å². The lowest BCUT2D eigenvalue weighted by atomic mass is 10.2. The number of rotatable bonds is 6. The van der Waals surface area contributed by atoms with E-state index in [1.165, 1.54) is 23.5 Å². The van der Waals surface area contributed by atoms with Gasteiger partial charge in [-0.1, -0.05) is 84.2 Å². The fourth-order valence-electron chi connectivity index (χ4n) is 1.70. The first-order valence-electron chi connectivity index (χ1n) is 6.63. The third-order valence-electron chi connectivity index (χ3n) is 2.77. The smallest absolute Gasteiger partial charge is 0.197 e. The molecule has 2 aromatic carbocycles. The molecule has 4 heteroatoms. The second-order valence-electron chi connectivity index (χ2n) is 4.47. The number of thioether (sulfide) groups is 2. The van der Waals surface area contributed by atoms with Gasteiger partial charge in [0.15, 0.2) is 10.2 Å². The highest BCUT2D eigenvalue weighted by atomic mass is 32.2. The van der Waals surface area contributed by atoms with Crippen molar-refractivity contribution in [3.63, 3.8) is 0 Å². The number of carbonyl (C=O) groups is 2. The molecule has 0 aliphatic heterocycles. The van der Waals surface area contributed by atoms with Crippen LogP contribution in [-0.4, -0.2) is 10.2 Å². The first kappa shape index (κ1) is 15.9. The summed E-state index contributed by atoms with van der Waals surface area (Å²) in [6.07, 6.45) is -0.00496. The molecule has 2 nitrogen and oxygen atoms in total. The van der Waals surface area contributed by atoms with Gasteiger partial charge in [0, 0.05) is 11.5 Å². The molecule has 0 saturated carbocycles. The molecule has 0 N–H and O–H groups in total. The van der Waals surface area contributed by atoms with Gasteiger partial charge in [-0.15, -0.1) is 0 Å². The molecule has 0 fully saturated rings. The summed E-state index contributed by atoms with van der Waals surface area (Å²) in [7, 11) is 0. The summed E-state index contributed by atoms with van der Waals surface area (Å²) >= 11 is 2.41. The molecule has 0 aliphatic carbocycles. The second kappa shape index (κ2) is 8.70. The van der Waals surface area contributed by atoms with Crippen LogP contribution in [0.5, 0.6) is 0 Å². The molecule has 2 aromatic rings. The van der Waals surface area contributed by atoms with Crippen LogP contribution in [0.1, 0.15) is 17.5 Å². The lowest BCUT2D eigenvalue weighted by Crippen LogP contribution is -2.01. The predicted octanol–water partition coefficient (Wildman–Crippen LogP) is 4.30. The Bertz CT molecular complexity index is 529. The second-order valence-corrected chi connectivity index (χ2v) is 6.53. The summed E-state index contributed by atoms with van der Waals surface area (Å²) in [6, 6.07) is 19.6. The third-order valence-corrected chi connectivity index (χ3v) is 4.66. The van der Waals surface area contributed by atoms with Crippen LogP contribution in [-0.2, 0) is 21.1 Å². The quantitative estimate of drug-likeness (QED) is 0.744. The molecule has 0 heterocycles. The van der Waals surface area contributed by atoms with Crippen molar-refractivity contribution in [2.24, 2.45) is 0 Å². The number of hydrogen-bond donors (Lipinski definition) is 0. The molecule has 0 saturated heterocycles. The summed E-state index contributed by atoms with van der Waals surface area (Å²) < 4.78 is 0. The standard InChI is InChI=1S/C17H16O2S2/c18-16(20-12-14-7-3-1-4-8-14)11-17(19)21-13-15-9-5-2-6-10-15/h1-10H,11-13H2. The summed E-state index contributed by atoms with van der Waals surface area (Å²) in [5, 5.41) is -0.131. The molecule has 21 heavy (non-hydrogen) atoms. The average Bonchev–Trinajstić information content (AvgIpc) is 2.53. The Morgan fingerprint density at radius 1 is 0.667 bits per heavy atom. The van der Waals surface area contributed by atoms with Crippen LogP contribution in [0.25, 0.3) is 0 Å². The van der Waals surface area contributed by atoms with E-state index in [1.54, 1.807) is 0 Å². The third kappa shape index (κ3) is 6.19. The maximum absolute atomic E-state index is 11.8. The van der Waals surface area contributed by atoms with Crippen LogP contribution in [0, 0.1) is 0 Å². The van der Waals surface area contributed by atoms with Crippen LogP contribution < -0.4 is 0 Å². The molecular weight excluding hydrogens is 300 g/mol. The lowest BCUT2D eigenvalue weighted by molar-refractivity contribution is -0.117. The summed E-state index contributed by atoms with van der Waals surface area (Å²) in [5.41, 5.74) is 2.19. The van der Waals surface area contributed by atoms with Crippen LogP contribution in [0.2, 0.25) is 0 Å². The monoisotopic (exact) mass is 316 g/mol. The van der Waals surface area contributed by atoms with Gasteiger partial charge in [-0.3, -0.25) is 9.59 Å². The van der Waals surface area contributed by atoms with Gasteiger partial charge in [0.1, 0.15) is 0 Å². The van der Waals surface area contributed by atoms with Gasteiger partial charge < -0.3 is 0 Å². The van der Waals surface area contributed by atoms with Crippen molar-refractivity contribution in [2.45, 2.75) is 17.9 Å². The molecule has 2 rings (SSSR count). The normalized spacial score (nSPS) is 10.3. The Kier molecular flexibility index (Phi) is 6.57. The lowest BCUT2D eigenvalue weighted by Gasteiger charge is -2.02. The zero-order valence-electron chi connectivity index (χ0n) is 11.5. The molecular formula is C17H16O2S2. The number of hydrogen-bond acceptors (Lipinski definition) is 4. The minimum absolute atomic E-state index is 0.00496.